The number of phenols is 1. The van der Waals surface area contributed by atoms with E-state index in [1.807, 2.05) is 26.0 Å². The van der Waals surface area contributed by atoms with Gasteiger partial charge in [-0.1, -0.05) is 23.8 Å². The Hall–Kier alpha value is -2.75. The van der Waals surface area contributed by atoms with Crippen molar-refractivity contribution in [2.24, 2.45) is 5.92 Å². The monoisotopic (exact) mass is 340 g/mol. The molecule has 1 atom stereocenters. The second kappa shape index (κ2) is 8.38. The Labute approximate surface area is 148 Å². The molecule has 2 N–H and O–H groups in total. The predicted octanol–water partition coefficient (Wildman–Crippen LogP) is 4.67. The molecule has 0 amide bonds. The van der Waals surface area contributed by atoms with E-state index in [4.69, 9.17) is 4.74 Å². The molecule has 1 aliphatic carbocycles. The van der Waals surface area contributed by atoms with Gasteiger partial charge >= 0.3 is 0 Å². The molecule has 2 rings (SSSR count). The van der Waals surface area contributed by atoms with Crippen LogP contribution >= 0.6 is 0 Å². The fraction of sp³-hybridized carbons (Fsp3) is 0.286. The summed E-state index contributed by atoms with van der Waals surface area (Å²) in [7, 11) is 1.54. The molecule has 1 unspecified atom stereocenters. The number of ketones is 1. The van der Waals surface area contributed by atoms with Gasteiger partial charge in [0.25, 0.3) is 0 Å². The highest BCUT2D eigenvalue weighted by Gasteiger charge is 2.16. The highest BCUT2D eigenvalue weighted by atomic mass is 16.5. The van der Waals surface area contributed by atoms with E-state index >= 15 is 0 Å². The molecule has 4 heteroatoms. The molecule has 1 aromatic rings. The van der Waals surface area contributed by atoms with E-state index < -0.39 is 0 Å². The van der Waals surface area contributed by atoms with E-state index in [1.54, 1.807) is 37.5 Å². The molecular weight excluding hydrogens is 316 g/mol. The minimum atomic E-state index is -0.259. The fourth-order valence-electron chi connectivity index (χ4n) is 2.58. The molecule has 25 heavy (non-hydrogen) atoms. The number of aliphatic hydroxyl groups is 1. The molecule has 1 aromatic carbocycles. The molecule has 4 nitrogen and oxygen atoms in total. The van der Waals surface area contributed by atoms with Gasteiger partial charge < -0.3 is 14.9 Å². The zero-order valence-electron chi connectivity index (χ0n) is 14.8. The maximum atomic E-state index is 12.5. The van der Waals surface area contributed by atoms with Gasteiger partial charge in [-0.3, -0.25) is 4.79 Å². The number of ether oxygens (including phenoxy) is 1. The number of rotatable bonds is 6. The minimum Gasteiger partial charge on any atom is -0.508 e. The van der Waals surface area contributed by atoms with Crippen LogP contribution in [-0.2, 0) is 6.42 Å². The first-order chi connectivity index (χ1) is 11.9. The van der Waals surface area contributed by atoms with Crippen molar-refractivity contribution < 1.29 is 19.7 Å². The summed E-state index contributed by atoms with van der Waals surface area (Å²) in [5.41, 5.74) is 1.99. The number of hydrogen-bond donors (Lipinski definition) is 2. The first-order valence-corrected chi connectivity index (χ1v) is 8.24. The lowest BCUT2D eigenvalue weighted by molar-refractivity contribution is 0.104. The minimum absolute atomic E-state index is 0.0387. The Morgan fingerprint density at radius 1 is 1.32 bits per heavy atom. The first-order valence-electron chi connectivity index (χ1n) is 8.24. The zero-order chi connectivity index (χ0) is 18.4. The van der Waals surface area contributed by atoms with E-state index in [0.29, 0.717) is 24.2 Å². The summed E-state index contributed by atoms with van der Waals surface area (Å²) in [6.45, 7) is 3.95. The van der Waals surface area contributed by atoms with Gasteiger partial charge in [-0.2, -0.15) is 0 Å². The third-order valence-electron chi connectivity index (χ3n) is 4.05. The van der Waals surface area contributed by atoms with Crippen molar-refractivity contribution in [3.63, 3.8) is 0 Å². The third-order valence-corrected chi connectivity index (χ3v) is 4.05. The van der Waals surface area contributed by atoms with Crippen molar-refractivity contribution in [2.45, 2.75) is 26.7 Å². The molecular formula is C21H24O4. The summed E-state index contributed by atoms with van der Waals surface area (Å²) in [4.78, 5) is 12.5. The molecule has 0 fully saturated rings. The third kappa shape index (κ3) is 4.86. The highest BCUT2D eigenvalue weighted by Crippen LogP contribution is 2.33. The van der Waals surface area contributed by atoms with Crippen molar-refractivity contribution >= 4 is 5.78 Å². The maximum Gasteiger partial charge on any atom is 0.189 e. The van der Waals surface area contributed by atoms with Gasteiger partial charge in [0.15, 0.2) is 5.78 Å². The van der Waals surface area contributed by atoms with Crippen LogP contribution in [0.5, 0.6) is 11.5 Å². The molecule has 0 radical (unpaired) electrons. The summed E-state index contributed by atoms with van der Waals surface area (Å²) in [6.07, 6.45) is 11.5. The largest absolute Gasteiger partial charge is 0.508 e. The molecule has 132 valence electrons. The fourth-order valence-corrected chi connectivity index (χ4v) is 2.58. The topological polar surface area (TPSA) is 66.8 Å². The Kier molecular flexibility index (Phi) is 6.23. The maximum absolute atomic E-state index is 12.5. The van der Waals surface area contributed by atoms with Crippen molar-refractivity contribution in [1.29, 1.82) is 0 Å². The summed E-state index contributed by atoms with van der Waals surface area (Å²) in [5, 5.41) is 19.9. The van der Waals surface area contributed by atoms with Crippen LogP contribution in [0.3, 0.4) is 0 Å². The smallest absolute Gasteiger partial charge is 0.189 e. The van der Waals surface area contributed by atoms with Gasteiger partial charge in [0.1, 0.15) is 17.3 Å². The normalized spacial score (nSPS) is 16.6. The van der Waals surface area contributed by atoms with Gasteiger partial charge in [0.2, 0.25) is 0 Å². The van der Waals surface area contributed by atoms with Crippen molar-refractivity contribution in [2.75, 3.05) is 7.11 Å². The van der Waals surface area contributed by atoms with E-state index in [1.165, 1.54) is 6.08 Å². The van der Waals surface area contributed by atoms with E-state index in [0.717, 1.165) is 5.57 Å². The van der Waals surface area contributed by atoms with E-state index in [-0.39, 0.29) is 28.8 Å². The molecule has 0 heterocycles. The van der Waals surface area contributed by atoms with Crippen LogP contribution in [0.4, 0.5) is 0 Å². The van der Waals surface area contributed by atoms with E-state index in [2.05, 4.69) is 0 Å². The van der Waals surface area contributed by atoms with Crippen LogP contribution in [0.25, 0.3) is 0 Å². The van der Waals surface area contributed by atoms with Crippen LogP contribution in [0.2, 0.25) is 0 Å². The lowest BCUT2D eigenvalue weighted by atomic mass is 9.97. The summed E-state index contributed by atoms with van der Waals surface area (Å²) >= 11 is 0. The Balaban J connectivity index is 2.23. The summed E-state index contributed by atoms with van der Waals surface area (Å²) in [6, 6.07) is 3.28. The van der Waals surface area contributed by atoms with Gasteiger partial charge in [-0.05, 0) is 63.0 Å². The highest BCUT2D eigenvalue weighted by molar-refractivity contribution is 6.07. The average molecular weight is 340 g/mol. The van der Waals surface area contributed by atoms with Gasteiger partial charge in [0, 0.05) is 5.56 Å². The number of methoxy groups -OCH3 is 1. The number of aromatic hydroxyl groups is 1. The van der Waals surface area contributed by atoms with E-state index in [9.17, 15) is 15.0 Å². The zero-order valence-corrected chi connectivity index (χ0v) is 14.8. The van der Waals surface area contributed by atoms with Crippen molar-refractivity contribution in [3.05, 3.63) is 71.0 Å². The number of carbonyl (C=O) groups is 1. The van der Waals surface area contributed by atoms with Crippen molar-refractivity contribution in [3.8, 4) is 11.5 Å². The Morgan fingerprint density at radius 2 is 2.08 bits per heavy atom. The standard InChI is InChI=1S/C21H24O4/c1-14(2)4-10-18-20(25-3)13-11-17(21(18)24)19(23)12-7-15-5-8-16(22)9-6-15/h4-5,7-9,11-13,15,22,24H,6,10H2,1-3H3. The molecule has 0 saturated heterocycles. The predicted molar refractivity (Wildman–Crippen MR) is 99.2 cm³/mol. The van der Waals surface area contributed by atoms with Crippen LogP contribution in [-0.4, -0.2) is 23.1 Å². The molecule has 0 bridgehead atoms. The molecule has 0 saturated carbocycles. The second-order valence-corrected chi connectivity index (χ2v) is 6.24. The van der Waals surface area contributed by atoms with Crippen molar-refractivity contribution in [1.82, 2.24) is 0 Å². The van der Waals surface area contributed by atoms with Crippen LogP contribution in [0, 0.1) is 5.92 Å². The lowest BCUT2D eigenvalue weighted by Crippen LogP contribution is -2.02. The quantitative estimate of drug-likeness (QED) is 0.449. The van der Waals surface area contributed by atoms with Gasteiger partial charge in [-0.15, -0.1) is 0 Å². The Bertz CT molecular complexity index is 762. The van der Waals surface area contributed by atoms with Gasteiger partial charge in [-0.25, -0.2) is 0 Å². The molecule has 1 aliphatic rings. The van der Waals surface area contributed by atoms with Crippen LogP contribution in [0.1, 0.15) is 36.2 Å². The number of benzene rings is 1. The van der Waals surface area contributed by atoms with Crippen LogP contribution < -0.4 is 4.74 Å². The molecule has 0 aromatic heterocycles. The lowest BCUT2D eigenvalue weighted by Gasteiger charge is -2.12. The number of carbonyl (C=O) groups excluding carboxylic acids is 1. The number of aliphatic hydroxyl groups excluding tert-OH is 1. The summed E-state index contributed by atoms with van der Waals surface area (Å²) < 4.78 is 5.30. The van der Waals surface area contributed by atoms with Crippen LogP contribution in [0.15, 0.2) is 59.9 Å². The SMILES string of the molecule is COc1ccc(C(=O)C=CC2C=CC(O)=CC2)c(O)c1CC=C(C)C. The molecule has 0 aliphatic heterocycles. The average Bonchev–Trinajstić information content (AvgIpc) is 2.59. The first kappa shape index (κ1) is 18.6. The number of phenolic OH excluding ortho intramolecular Hbond substituents is 1. The Morgan fingerprint density at radius 3 is 2.68 bits per heavy atom. The number of allylic oxidation sites excluding steroid dienone is 7. The summed E-state index contributed by atoms with van der Waals surface area (Å²) in [5.74, 6) is 0.568. The second-order valence-electron chi connectivity index (χ2n) is 6.24. The molecule has 0 spiro atoms. The number of hydrogen-bond acceptors (Lipinski definition) is 4. The van der Waals surface area contributed by atoms with Gasteiger partial charge in [0.05, 0.1) is 12.7 Å².